The van der Waals surface area contributed by atoms with Gasteiger partial charge in [0.25, 0.3) is 11.8 Å². The molecule has 25 heavy (non-hydrogen) atoms. The molecular formula is C17H18BrN3O4. The lowest BCUT2D eigenvalue weighted by molar-refractivity contribution is -0.136. The molecule has 8 heteroatoms. The van der Waals surface area contributed by atoms with E-state index < -0.39 is 23.8 Å². The van der Waals surface area contributed by atoms with Gasteiger partial charge in [0.2, 0.25) is 11.8 Å². The number of hydrogen-bond donors (Lipinski definition) is 2. The van der Waals surface area contributed by atoms with Gasteiger partial charge in [0.1, 0.15) is 6.04 Å². The smallest absolute Gasteiger partial charge is 0.264 e. The van der Waals surface area contributed by atoms with E-state index in [1.54, 1.807) is 18.2 Å². The first kappa shape index (κ1) is 17.6. The number of nitrogens with zero attached hydrogens (tertiary/aromatic N) is 1. The number of rotatable bonds is 6. The molecule has 1 atom stereocenters. The van der Waals surface area contributed by atoms with Crippen LogP contribution >= 0.6 is 15.9 Å². The lowest BCUT2D eigenvalue weighted by Gasteiger charge is -2.27. The fourth-order valence-corrected chi connectivity index (χ4v) is 3.50. The van der Waals surface area contributed by atoms with Gasteiger partial charge in [-0.25, -0.2) is 0 Å². The van der Waals surface area contributed by atoms with Gasteiger partial charge in [0, 0.05) is 24.0 Å². The molecule has 3 rings (SSSR count). The van der Waals surface area contributed by atoms with Gasteiger partial charge >= 0.3 is 0 Å². The number of amides is 4. The molecule has 1 aromatic rings. The molecule has 1 aromatic carbocycles. The van der Waals surface area contributed by atoms with Crippen LogP contribution in [0.1, 0.15) is 46.4 Å². The molecule has 1 fully saturated rings. The Morgan fingerprint density at radius 2 is 1.96 bits per heavy atom. The van der Waals surface area contributed by atoms with Crippen molar-refractivity contribution in [2.24, 2.45) is 0 Å². The van der Waals surface area contributed by atoms with Crippen molar-refractivity contribution < 1.29 is 19.2 Å². The van der Waals surface area contributed by atoms with E-state index in [4.69, 9.17) is 0 Å². The Morgan fingerprint density at radius 3 is 2.68 bits per heavy atom. The van der Waals surface area contributed by atoms with Crippen LogP contribution in [0.15, 0.2) is 18.2 Å². The average molecular weight is 408 g/mol. The Balaban J connectivity index is 1.84. The van der Waals surface area contributed by atoms with E-state index in [0.29, 0.717) is 23.4 Å². The minimum atomic E-state index is -0.939. The minimum Gasteiger partial charge on any atom is -0.384 e. The molecular weight excluding hydrogens is 390 g/mol. The van der Waals surface area contributed by atoms with Crippen LogP contribution in [-0.2, 0) is 9.59 Å². The Kier molecular flexibility index (Phi) is 5.17. The predicted octanol–water partition coefficient (Wildman–Crippen LogP) is 1.67. The summed E-state index contributed by atoms with van der Waals surface area (Å²) in [5.74, 6) is -1.96. The number of carbonyl (C=O) groups is 4. The highest BCUT2D eigenvalue weighted by atomic mass is 79.9. The highest BCUT2D eigenvalue weighted by Gasteiger charge is 2.45. The van der Waals surface area contributed by atoms with E-state index in [-0.39, 0.29) is 18.7 Å². The van der Waals surface area contributed by atoms with Gasteiger partial charge < -0.3 is 5.32 Å². The Hall–Kier alpha value is -2.22. The van der Waals surface area contributed by atoms with E-state index >= 15 is 0 Å². The summed E-state index contributed by atoms with van der Waals surface area (Å²) in [5.41, 5.74) is 1.19. The van der Waals surface area contributed by atoms with Crippen LogP contribution in [0, 0.1) is 0 Å². The third kappa shape index (κ3) is 3.30. The standard InChI is InChI=1S/C17H18BrN3O4/c18-8-1-2-9-19-11-5-3-4-10-14(11)17(25)21(16(10)24)12-6-7-13(22)20-15(12)23/h3-5,12,19H,1-2,6-9H2,(H,20,22,23). The number of imide groups is 2. The molecule has 4 amide bonds. The molecule has 1 unspecified atom stereocenters. The summed E-state index contributed by atoms with van der Waals surface area (Å²) in [5, 5.41) is 6.30. The molecule has 2 heterocycles. The maximum Gasteiger partial charge on any atom is 0.264 e. The highest BCUT2D eigenvalue weighted by Crippen LogP contribution is 2.32. The monoisotopic (exact) mass is 407 g/mol. The molecule has 0 spiro atoms. The molecule has 2 aliphatic heterocycles. The first-order valence-electron chi connectivity index (χ1n) is 8.19. The molecule has 0 radical (unpaired) electrons. The quantitative estimate of drug-likeness (QED) is 0.424. The number of benzene rings is 1. The van der Waals surface area contributed by atoms with Crippen molar-refractivity contribution in [3.8, 4) is 0 Å². The second-order valence-corrected chi connectivity index (χ2v) is 6.79. The lowest BCUT2D eigenvalue weighted by atomic mass is 10.0. The summed E-state index contributed by atoms with van der Waals surface area (Å²) < 4.78 is 0. The van der Waals surface area contributed by atoms with Crippen molar-refractivity contribution in [2.75, 3.05) is 17.2 Å². The molecule has 132 valence electrons. The summed E-state index contributed by atoms with van der Waals surface area (Å²) in [6.07, 6.45) is 2.19. The van der Waals surface area contributed by atoms with Crippen molar-refractivity contribution in [2.45, 2.75) is 31.7 Å². The summed E-state index contributed by atoms with van der Waals surface area (Å²) >= 11 is 3.37. The number of nitrogens with one attached hydrogen (secondary N) is 2. The summed E-state index contributed by atoms with van der Waals surface area (Å²) in [6.45, 7) is 0.682. The van der Waals surface area contributed by atoms with Crippen LogP contribution in [0.25, 0.3) is 0 Å². The summed E-state index contributed by atoms with van der Waals surface area (Å²) in [7, 11) is 0. The predicted molar refractivity (Wildman–Crippen MR) is 94.6 cm³/mol. The number of piperidine rings is 1. The molecule has 7 nitrogen and oxygen atoms in total. The van der Waals surface area contributed by atoms with Gasteiger partial charge in [-0.05, 0) is 31.4 Å². The lowest BCUT2D eigenvalue weighted by Crippen LogP contribution is -2.54. The van der Waals surface area contributed by atoms with Crippen molar-refractivity contribution >= 4 is 45.2 Å². The Morgan fingerprint density at radius 1 is 1.16 bits per heavy atom. The fourth-order valence-electron chi connectivity index (χ4n) is 3.10. The third-order valence-electron chi connectivity index (χ3n) is 4.34. The normalized spacial score (nSPS) is 19.9. The van der Waals surface area contributed by atoms with Gasteiger partial charge in [0.05, 0.1) is 11.1 Å². The topological polar surface area (TPSA) is 95.6 Å². The maximum atomic E-state index is 12.8. The second-order valence-electron chi connectivity index (χ2n) is 6.00. The van der Waals surface area contributed by atoms with Gasteiger partial charge in [-0.3, -0.25) is 29.4 Å². The molecule has 0 saturated carbocycles. The van der Waals surface area contributed by atoms with E-state index in [1.807, 2.05) is 0 Å². The van der Waals surface area contributed by atoms with Crippen LogP contribution in [0.2, 0.25) is 0 Å². The second kappa shape index (κ2) is 7.35. The fraction of sp³-hybridized carbons (Fsp3) is 0.412. The minimum absolute atomic E-state index is 0.113. The number of halogens is 1. The van der Waals surface area contributed by atoms with E-state index in [1.165, 1.54) is 0 Å². The van der Waals surface area contributed by atoms with E-state index in [0.717, 1.165) is 23.1 Å². The number of anilines is 1. The number of alkyl halides is 1. The zero-order chi connectivity index (χ0) is 18.0. The number of carbonyl (C=O) groups excluding carboxylic acids is 4. The largest absolute Gasteiger partial charge is 0.384 e. The van der Waals surface area contributed by atoms with E-state index in [9.17, 15) is 19.2 Å². The molecule has 2 N–H and O–H groups in total. The first-order valence-corrected chi connectivity index (χ1v) is 9.31. The van der Waals surface area contributed by atoms with Crippen LogP contribution in [-0.4, -0.2) is 46.4 Å². The van der Waals surface area contributed by atoms with E-state index in [2.05, 4.69) is 26.6 Å². The Labute approximate surface area is 153 Å². The zero-order valence-corrected chi connectivity index (χ0v) is 15.1. The third-order valence-corrected chi connectivity index (χ3v) is 4.90. The molecule has 0 aliphatic carbocycles. The molecule has 0 aromatic heterocycles. The summed E-state index contributed by atoms with van der Waals surface area (Å²) in [6, 6.07) is 4.12. The van der Waals surface area contributed by atoms with Gasteiger partial charge in [-0.15, -0.1) is 0 Å². The summed E-state index contributed by atoms with van der Waals surface area (Å²) in [4.78, 5) is 49.9. The highest BCUT2D eigenvalue weighted by molar-refractivity contribution is 9.09. The average Bonchev–Trinajstić information content (AvgIpc) is 2.84. The number of fused-ring (bicyclic) bond motifs is 1. The van der Waals surface area contributed by atoms with Gasteiger partial charge in [-0.1, -0.05) is 22.0 Å². The molecule has 2 aliphatic rings. The SMILES string of the molecule is O=C1CCC(N2C(=O)c3cccc(NCCCCBr)c3C2=O)C(=O)N1. The van der Waals surface area contributed by atoms with Crippen molar-refractivity contribution in [3.63, 3.8) is 0 Å². The van der Waals surface area contributed by atoms with Crippen molar-refractivity contribution in [1.29, 1.82) is 0 Å². The molecule has 1 saturated heterocycles. The van der Waals surface area contributed by atoms with Crippen LogP contribution in [0.5, 0.6) is 0 Å². The van der Waals surface area contributed by atoms with Crippen molar-refractivity contribution in [1.82, 2.24) is 10.2 Å². The number of unbranched alkanes of at least 4 members (excludes halogenated alkanes) is 1. The zero-order valence-electron chi connectivity index (χ0n) is 13.5. The maximum absolute atomic E-state index is 12.8. The van der Waals surface area contributed by atoms with Crippen molar-refractivity contribution in [3.05, 3.63) is 29.3 Å². The van der Waals surface area contributed by atoms with Crippen LogP contribution < -0.4 is 10.6 Å². The Bertz CT molecular complexity index is 749. The van der Waals surface area contributed by atoms with Gasteiger partial charge in [0.15, 0.2) is 0 Å². The van der Waals surface area contributed by atoms with Gasteiger partial charge in [-0.2, -0.15) is 0 Å². The van der Waals surface area contributed by atoms with Crippen LogP contribution in [0.3, 0.4) is 0 Å². The number of hydrogen-bond acceptors (Lipinski definition) is 5. The van der Waals surface area contributed by atoms with Crippen LogP contribution in [0.4, 0.5) is 5.69 Å². The molecule has 0 bridgehead atoms. The first-order chi connectivity index (χ1) is 12.0.